The Morgan fingerprint density at radius 2 is 1.78 bits per heavy atom. The number of pyridine rings is 1. The molecule has 194 valence electrons. The van der Waals surface area contributed by atoms with Crippen LogP contribution in [0, 0.1) is 0 Å². The fourth-order valence-electron chi connectivity index (χ4n) is 3.51. The lowest BCUT2D eigenvalue weighted by atomic mass is 10.2. The van der Waals surface area contributed by atoms with Gasteiger partial charge in [-0.1, -0.05) is 29.1 Å². The van der Waals surface area contributed by atoms with Gasteiger partial charge in [0.2, 0.25) is 0 Å². The molecule has 2 aromatic heterocycles. The van der Waals surface area contributed by atoms with E-state index in [9.17, 15) is 0 Å². The number of ether oxygens (including phenoxy) is 3. The van der Waals surface area contributed by atoms with Gasteiger partial charge in [0.05, 0.1) is 63.1 Å². The molecule has 0 bridgehead atoms. The highest BCUT2D eigenvalue weighted by Crippen LogP contribution is 2.45. The number of aliphatic hydroxyl groups is 1. The third-order valence-corrected chi connectivity index (χ3v) is 6.55. The lowest BCUT2D eigenvalue weighted by Gasteiger charge is -2.13. The van der Waals surface area contributed by atoms with E-state index in [2.05, 4.69) is 81.7 Å². The Hall–Kier alpha value is -2.03. The summed E-state index contributed by atoms with van der Waals surface area (Å²) in [4.78, 5) is 3.53. The van der Waals surface area contributed by atoms with Crippen LogP contribution >= 0.6 is 11.8 Å². The largest absolute Gasteiger partial charge is 1.00 e. The number of hydrogen-bond donors (Lipinski definition) is 1. The summed E-state index contributed by atoms with van der Waals surface area (Å²) < 4.78 is 20.4. The van der Waals surface area contributed by atoms with E-state index < -0.39 is 0 Å². The zero-order valence-corrected chi connectivity index (χ0v) is 23.3. The molecule has 0 saturated carbocycles. The molecule has 0 atom stereocenters. The van der Waals surface area contributed by atoms with E-state index in [1.165, 1.54) is 21.2 Å². The Morgan fingerprint density at radius 3 is 2.56 bits per heavy atom. The van der Waals surface area contributed by atoms with Gasteiger partial charge < -0.3 is 48.2 Å². The molecule has 0 fully saturated rings. The minimum absolute atomic E-state index is 0. The lowest BCUT2D eigenvalue weighted by Crippen LogP contribution is -3.00. The van der Waals surface area contributed by atoms with Crippen molar-refractivity contribution in [1.29, 1.82) is 0 Å². The highest BCUT2D eigenvalue weighted by atomic mass is 127. The quantitative estimate of drug-likeness (QED) is 0.144. The highest BCUT2D eigenvalue weighted by molar-refractivity contribution is 8.03. The lowest BCUT2D eigenvalue weighted by molar-refractivity contribution is -0.698. The van der Waals surface area contributed by atoms with Gasteiger partial charge in [0.15, 0.2) is 18.9 Å². The molecule has 4 rings (SSSR count). The third-order valence-electron chi connectivity index (χ3n) is 5.38. The molecule has 1 N–H and O–H groups in total. The maximum atomic E-state index is 8.71. The molecule has 0 radical (unpaired) electrons. The van der Waals surface area contributed by atoms with E-state index in [0.717, 1.165) is 12.2 Å². The third kappa shape index (κ3) is 8.53. The number of aromatic nitrogens is 4. The Bertz CT molecular complexity index is 1100. The van der Waals surface area contributed by atoms with Crippen LogP contribution in [0.15, 0.2) is 64.9 Å². The first-order valence-electron chi connectivity index (χ1n) is 11.7. The van der Waals surface area contributed by atoms with Crippen LogP contribution in [-0.4, -0.2) is 66.8 Å². The van der Waals surface area contributed by atoms with E-state index in [-0.39, 0.29) is 30.6 Å². The topological polar surface area (TPSA) is 85.8 Å². The number of thioether (sulfide) groups is 1. The zero-order valence-electron chi connectivity index (χ0n) is 20.3. The number of anilines is 1. The summed E-state index contributed by atoms with van der Waals surface area (Å²) in [5.74, 6) is 0. The molecule has 0 aliphatic carbocycles. The first-order chi connectivity index (χ1) is 17.2. The van der Waals surface area contributed by atoms with E-state index in [0.29, 0.717) is 46.2 Å². The summed E-state index contributed by atoms with van der Waals surface area (Å²) >= 11 is 1.80. The van der Waals surface area contributed by atoms with Crippen molar-refractivity contribution >= 4 is 23.5 Å². The van der Waals surface area contributed by atoms with Gasteiger partial charge in [-0.05, 0) is 23.8 Å². The van der Waals surface area contributed by atoms with Crippen LogP contribution in [-0.2, 0) is 33.9 Å². The summed E-state index contributed by atoms with van der Waals surface area (Å²) in [5.41, 5.74) is 3.16. The Morgan fingerprint density at radius 1 is 1.00 bits per heavy atom. The van der Waals surface area contributed by atoms with Crippen molar-refractivity contribution in [1.82, 2.24) is 15.0 Å². The number of aliphatic hydroxyl groups excluding tert-OH is 1. The second-order valence-electron chi connectivity index (χ2n) is 7.95. The molecule has 0 unspecified atom stereocenters. The minimum atomic E-state index is 0. The fourth-order valence-corrected chi connectivity index (χ4v) is 4.62. The number of benzene rings is 1. The normalized spacial score (nSPS) is 13.7. The number of fused-ring (bicyclic) bond motifs is 1. The van der Waals surface area contributed by atoms with Crippen LogP contribution < -0.4 is 33.4 Å². The first kappa shape index (κ1) is 28.5. The minimum Gasteiger partial charge on any atom is -1.00 e. The van der Waals surface area contributed by atoms with Gasteiger partial charge in [-0.15, -0.1) is 5.10 Å². The fraction of sp³-hybridized carbons (Fsp3) is 0.400. The summed E-state index contributed by atoms with van der Waals surface area (Å²) in [6.07, 6.45) is 8.20. The van der Waals surface area contributed by atoms with Gasteiger partial charge in [-0.2, -0.15) is 0 Å². The van der Waals surface area contributed by atoms with Crippen molar-refractivity contribution in [3.8, 4) is 0 Å². The highest BCUT2D eigenvalue weighted by Gasteiger charge is 2.21. The van der Waals surface area contributed by atoms with Gasteiger partial charge in [0, 0.05) is 24.1 Å². The second-order valence-corrected chi connectivity index (χ2v) is 9.02. The summed E-state index contributed by atoms with van der Waals surface area (Å²) in [6, 6.07) is 12.7. The Kier molecular flexibility index (Phi) is 12.1. The van der Waals surface area contributed by atoms with E-state index in [1.54, 1.807) is 16.4 Å². The Labute approximate surface area is 233 Å². The smallest absolute Gasteiger partial charge is 0.171 e. The molecule has 11 heteroatoms. The van der Waals surface area contributed by atoms with Crippen LogP contribution in [0.1, 0.15) is 11.3 Å². The molecule has 0 spiro atoms. The predicted octanol–water partition coefficient (Wildman–Crippen LogP) is -0.648. The molecule has 3 aromatic rings. The SMILES string of the molecule is CN1C(=Cc2cc[n+](CCOCCOCCn3cc(COCCO)nn3)cc2)Sc2ccccc21.[I-]. The molecule has 1 aliphatic heterocycles. The standard InChI is InChI=1S/C25H32N5O4S.HI/c1-28-23-4-2-3-5-24(23)35-25(28)18-21-6-8-29(9-7-21)10-13-32-16-17-33-14-11-30-19-22(26-27-30)20-34-15-12-31;/h2-9,18-19,31H,10-17,20H2,1H3;1H/q+1;/p-1. The molecular formula is C25H32IN5O4S. The van der Waals surface area contributed by atoms with Crippen molar-refractivity contribution in [3.63, 3.8) is 0 Å². The van der Waals surface area contributed by atoms with E-state index >= 15 is 0 Å². The monoisotopic (exact) mass is 625 g/mol. The number of nitrogens with zero attached hydrogens (tertiary/aromatic N) is 5. The average molecular weight is 626 g/mol. The molecule has 0 saturated heterocycles. The number of rotatable bonds is 14. The van der Waals surface area contributed by atoms with Crippen LogP contribution in [0.4, 0.5) is 5.69 Å². The molecule has 36 heavy (non-hydrogen) atoms. The molecule has 9 nitrogen and oxygen atoms in total. The van der Waals surface area contributed by atoms with Crippen molar-refractivity contribution in [2.24, 2.45) is 0 Å². The first-order valence-corrected chi connectivity index (χ1v) is 12.5. The summed E-state index contributed by atoms with van der Waals surface area (Å²) in [7, 11) is 2.11. The van der Waals surface area contributed by atoms with E-state index in [1.807, 2.05) is 6.20 Å². The maximum Gasteiger partial charge on any atom is 0.171 e. The van der Waals surface area contributed by atoms with Gasteiger partial charge >= 0.3 is 0 Å². The van der Waals surface area contributed by atoms with Crippen molar-refractivity contribution in [2.45, 2.75) is 24.6 Å². The number of para-hydroxylation sites is 1. The average Bonchev–Trinajstić information content (AvgIpc) is 3.46. The molecule has 1 aromatic carbocycles. The van der Waals surface area contributed by atoms with Gasteiger partial charge in [-0.25, -0.2) is 9.25 Å². The van der Waals surface area contributed by atoms with E-state index in [4.69, 9.17) is 19.3 Å². The summed E-state index contributed by atoms with van der Waals surface area (Å²) in [5, 5.41) is 18.0. The zero-order chi connectivity index (χ0) is 24.3. The van der Waals surface area contributed by atoms with Gasteiger partial charge in [0.25, 0.3) is 0 Å². The van der Waals surface area contributed by atoms with Crippen LogP contribution in [0.25, 0.3) is 6.08 Å². The van der Waals surface area contributed by atoms with Crippen molar-refractivity contribution < 1.29 is 47.9 Å². The molecule has 1 aliphatic rings. The van der Waals surface area contributed by atoms with Crippen LogP contribution in [0.2, 0.25) is 0 Å². The molecule has 3 heterocycles. The van der Waals surface area contributed by atoms with Gasteiger partial charge in [-0.3, -0.25) is 0 Å². The Balaban J connectivity index is 0.00000361. The number of halogens is 1. The van der Waals surface area contributed by atoms with Crippen molar-refractivity contribution in [3.05, 3.63) is 71.3 Å². The van der Waals surface area contributed by atoms with Crippen molar-refractivity contribution in [2.75, 3.05) is 51.6 Å². The maximum absolute atomic E-state index is 8.71. The number of hydrogen-bond acceptors (Lipinski definition) is 8. The molecule has 0 amide bonds. The predicted molar refractivity (Wildman–Crippen MR) is 134 cm³/mol. The van der Waals surface area contributed by atoms with Crippen LogP contribution in [0.5, 0.6) is 0 Å². The summed E-state index contributed by atoms with van der Waals surface area (Å²) in [6.45, 7) is 4.29. The second kappa shape index (κ2) is 15.3. The van der Waals surface area contributed by atoms with Crippen LogP contribution in [0.3, 0.4) is 0 Å². The van der Waals surface area contributed by atoms with Gasteiger partial charge in [0.1, 0.15) is 12.3 Å². The molecular weight excluding hydrogens is 593 g/mol.